The van der Waals surface area contributed by atoms with Crippen LogP contribution in [0.15, 0.2) is 0 Å². The molecule has 0 atom stereocenters. The summed E-state index contributed by atoms with van der Waals surface area (Å²) in [6.07, 6.45) is 2.57. The van der Waals surface area contributed by atoms with Crippen molar-refractivity contribution in [3.8, 4) is 0 Å². The van der Waals surface area contributed by atoms with E-state index < -0.39 is 0 Å². The van der Waals surface area contributed by atoms with E-state index in [-0.39, 0.29) is 0 Å². The molecule has 1 saturated carbocycles. The molecule has 0 bridgehead atoms. The third-order valence-electron chi connectivity index (χ3n) is 2.37. The number of rotatable bonds is 3. The molecule has 0 aromatic carbocycles. The first kappa shape index (κ1) is 9.19. The molecule has 1 aliphatic rings. The Labute approximate surface area is 86.7 Å². The van der Waals surface area contributed by atoms with Gasteiger partial charge < -0.3 is 4.57 Å². The van der Waals surface area contributed by atoms with Gasteiger partial charge in [-0.1, -0.05) is 15.9 Å². The topological polar surface area (TPSA) is 30.7 Å². The summed E-state index contributed by atoms with van der Waals surface area (Å²) in [6, 6.07) is 0.471. The van der Waals surface area contributed by atoms with Crippen LogP contribution in [0.4, 0.5) is 0 Å². The summed E-state index contributed by atoms with van der Waals surface area (Å²) in [5, 5.41) is 9.23. The van der Waals surface area contributed by atoms with Gasteiger partial charge in [0.1, 0.15) is 11.6 Å². The smallest absolute Gasteiger partial charge is 0.143 e. The first-order valence-electron chi connectivity index (χ1n) is 4.73. The highest BCUT2D eigenvalue weighted by atomic mass is 79.9. The number of hydrogen-bond acceptors (Lipinski definition) is 2. The second-order valence-electron chi connectivity index (χ2n) is 3.85. The van der Waals surface area contributed by atoms with Gasteiger partial charge >= 0.3 is 0 Å². The zero-order valence-electron chi connectivity index (χ0n) is 8.00. The van der Waals surface area contributed by atoms with E-state index in [4.69, 9.17) is 0 Å². The average molecular weight is 244 g/mol. The summed E-state index contributed by atoms with van der Waals surface area (Å²) in [7, 11) is 0. The van der Waals surface area contributed by atoms with E-state index in [0.717, 1.165) is 11.2 Å². The Hall–Kier alpha value is -0.380. The monoisotopic (exact) mass is 243 g/mol. The van der Waals surface area contributed by atoms with Gasteiger partial charge in [0.25, 0.3) is 0 Å². The maximum atomic E-state index is 4.25. The second kappa shape index (κ2) is 3.40. The van der Waals surface area contributed by atoms with Crippen molar-refractivity contribution in [2.45, 2.75) is 44.0 Å². The van der Waals surface area contributed by atoms with Gasteiger partial charge in [-0.25, -0.2) is 0 Å². The van der Waals surface area contributed by atoms with Crippen LogP contribution in [-0.4, -0.2) is 14.8 Å². The van der Waals surface area contributed by atoms with E-state index in [1.165, 1.54) is 18.7 Å². The van der Waals surface area contributed by atoms with Crippen LogP contribution in [0.5, 0.6) is 0 Å². The van der Waals surface area contributed by atoms with Crippen molar-refractivity contribution in [1.29, 1.82) is 0 Å². The molecule has 0 unspecified atom stereocenters. The molecule has 1 aromatic heterocycles. The zero-order chi connectivity index (χ0) is 9.42. The number of aromatic nitrogens is 3. The molecule has 2 rings (SSSR count). The van der Waals surface area contributed by atoms with Crippen molar-refractivity contribution >= 4 is 15.9 Å². The van der Waals surface area contributed by atoms with Crippen molar-refractivity contribution in [3.05, 3.63) is 11.6 Å². The summed E-state index contributed by atoms with van der Waals surface area (Å²) in [4.78, 5) is 0. The molecule has 0 N–H and O–H groups in total. The molecular formula is C9H14BrN3. The summed E-state index contributed by atoms with van der Waals surface area (Å²) >= 11 is 3.44. The summed E-state index contributed by atoms with van der Waals surface area (Å²) in [6.45, 7) is 4.36. The Balaban J connectivity index is 2.38. The average Bonchev–Trinajstić information content (AvgIpc) is 2.84. The van der Waals surface area contributed by atoms with Crippen molar-refractivity contribution in [3.63, 3.8) is 0 Å². The Morgan fingerprint density at radius 3 is 2.62 bits per heavy atom. The molecule has 0 saturated heterocycles. The van der Waals surface area contributed by atoms with Gasteiger partial charge in [0, 0.05) is 12.0 Å². The van der Waals surface area contributed by atoms with Gasteiger partial charge in [-0.05, 0) is 26.7 Å². The minimum absolute atomic E-state index is 0.471. The fourth-order valence-corrected chi connectivity index (χ4v) is 1.99. The molecular weight excluding hydrogens is 230 g/mol. The van der Waals surface area contributed by atoms with Gasteiger partial charge in [-0.3, -0.25) is 0 Å². The first-order valence-corrected chi connectivity index (χ1v) is 5.85. The summed E-state index contributed by atoms with van der Waals surface area (Å²) < 4.78 is 2.26. The van der Waals surface area contributed by atoms with Crippen molar-refractivity contribution in [2.75, 3.05) is 0 Å². The predicted molar refractivity (Wildman–Crippen MR) is 55.0 cm³/mol. The molecule has 13 heavy (non-hydrogen) atoms. The molecule has 1 fully saturated rings. The van der Waals surface area contributed by atoms with Crippen LogP contribution in [0.3, 0.4) is 0 Å². The number of hydrogen-bond donors (Lipinski definition) is 0. The Morgan fingerprint density at radius 2 is 2.15 bits per heavy atom. The molecule has 1 aromatic rings. The van der Waals surface area contributed by atoms with Crippen molar-refractivity contribution in [2.24, 2.45) is 0 Å². The molecule has 0 spiro atoms. The number of nitrogens with zero attached hydrogens (tertiary/aromatic N) is 3. The third-order valence-corrected chi connectivity index (χ3v) is 2.87. The number of alkyl halides is 1. The van der Waals surface area contributed by atoms with Crippen LogP contribution in [0, 0.1) is 0 Å². The molecule has 3 nitrogen and oxygen atoms in total. The molecule has 4 heteroatoms. The van der Waals surface area contributed by atoms with Crippen LogP contribution in [-0.2, 0) is 5.33 Å². The lowest BCUT2D eigenvalue weighted by molar-refractivity contribution is 0.553. The van der Waals surface area contributed by atoms with Crippen LogP contribution >= 0.6 is 15.9 Å². The lowest BCUT2D eigenvalue weighted by atomic mass is 10.3. The maximum Gasteiger partial charge on any atom is 0.143 e. The maximum absolute atomic E-state index is 4.25. The van der Waals surface area contributed by atoms with Gasteiger partial charge in [0.2, 0.25) is 0 Å². The van der Waals surface area contributed by atoms with E-state index >= 15 is 0 Å². The quantitative estimate of drug-likeness (QED) is 0.765. The van der Waals surface area contributed by atoms with Gasteiger partial charge in [-0.2, -0.15) is 0 Å². The largest absolute Gasteiger partial charge is 0.311 e. The fourth-order valence-electron chi connectivity index (χ4n) is 1.61. The third kappa shape index (κ3) is 1.64. The van der Waals surface area contributed by atoms with Gasteiger partial charge in [0.15, 0.2) is 0 Å². The Kier molecular flexibility index (Phi) is 2.41. The highest BCUT2D eigenvalue weighted by Crippen LogP contribution is 2.40. The van der Waals surface area contributed by atoms with Crippen LogP contribution in [0.1, 0.15) is 50.3 Å². The van der Waals surface area contributed by atoms with E-state index in [1.54, 1.807) is 0 Å². The SMILES string of the molecule is CC(C)n1c(CBr)nnc1C1CC1. The molecule has 0 radical (unpaired) electrons. The normalized spacial score (nSPS) is 16.9. The van der Waals surface area contributed by atoms with Crippen LogP contribution in [0.25, 0.3) is 0 Å². The molecule has 1 heterocycles. The highest BCUT2D eigenvalue weighted by molar-refractivity contribution is 9.08. The van der Waals surface area contributed by atoms with Crippen molar-refractivity contribution in [1.82, 2.24) is 14.8 Å². The zero-order valence-corrected chi connectivity index (χ0v) is 9.58. The van der Waals surface area contributed by atoms with E-state index in [2.05, 4.69) is 44.5 Å². The predicted octanol–water partition coefficient (Wildman–Crippen LogP) is 2.63. The molecule has 1 aliphatic carbocycles. The van der Waals surface area contributed by atoms with Crippen molar-refractivity contribution < 1.29 is 0 Å². The molecule has 72 valence electrons. The number of halogens is 1. The van der Waals surface area contributed by atoms with E-state index in [1.807, 2.05) is 0 Å². The lowest BCUT2D eigenvalue weighted by Gasteiger charge is -2.12. The Bertz CT molecular complexity index is 302. The second-order valence-corrected chi connectivity index (χ2v) is 4.41. The molecule has 0 amide bonds. The first-order chi connectivity index (χ1) is 6.24. The van der Waals surface area contributed by atoms with E-state index in [0.29, 0.717) is 12.0 Å². The van der Waals surface area contributed by atoms with Crippen LogP contribution in [0.2, 0.25) is 0 Å². The summed E-state index contributed by atoms with van der Waals surface area (Å²) in [5.41, 5.74) is 0. The lowest BCUT2D eigenvalue weighted by Crippen LogP contribution is -2.08. The van der Waals surface area contributed by atoms with Gasteiger partial charge in [-0.15, -0.1) is 10.2 Å². The van der Waals surface area contributed by atoms with Gasteiger partial charge in [0.05, 0.1) is 5.33 Å². The fraction of sp³-hybridized carbons (Fsp3) is 0.778. The summed E-state index contributed by atoms with van der Waals surface area (Å²) in [5.74, 6) is 2.92. The standard InChI is InChI=1S/C9H14BrN3/c1-6(2)13-8(5-10)11-12-9(13)7-3-4-7/h6-7H,3-5H2,1-2H3. The molecule has 0 aliphatic heterocycles. The Morgan fingerprint density at radius 1 is 1.46 bits per heavy atom. The van der Waals surface area contributed by atoms with Crippen LogP contribution < -0.4 is 0 Å². The highest BCUT2D eigenvalue weighted by Gasteiger charge is 2.30. The van der Waals surface area contributed by atoms with E-state index in [9.17, 15) is 0 Å². The minimum Gasteiger partial charge on any atom is -0.311 e. The minimum atomic E-state index is 0.471.